The van der Waals surface area contributed by atoms with E-state index in [0.717, 1.165) is 21.7 Å². The van der Waals surface area contributed by atoms with Crippen molar-refractivity contribution in [1.29, 1.82) is 0 Å². The predicted molar refractivity (Wildman–Crippen MR) is 237 cm³/mol. The van der Waals surface area contributed by atoms with Gasteiger partial charge in [0.05, 0.1) is 21.9 Å². The molecule has 0 aromatic heterocycles. The Labute approximate surface area is 369 Å². The summed E-state index contributed by atoms with van der Waals surface area (Å²) in [6.07, 6.45) is -0.769. The minimum atomic E-state index is -4.45. The van der Waals surface area contributed by atoms with Crippen molar-refractivity contribution >= 4 is 39.6 Å². The maximum absolute atomic E-state index is 15.0. The summed E-state index contributed by atoms with van der Waals surface area (Å²) in [6, 6.07) is 17.7. The Morgan fingerprint density at radius 3 is 2.11 bits per heavy atom. The number of aliphatic hydroxyl groups is 1. The number of ether oxygens (including phenoxy) is 1. The number of hydrogen-bond donors (Lipinski definition) is 6. The molecule has 1 saturated heterocycles. The van der Waals surface area contributed by atoms with Crippen LogP contribution in [0.25, 0.3) is 0 Å². The average molecular weight is 888 g/mol. The summed E-state index contributed by atoms with van der Waals surface area (Å²) in [7, 11) is -4.45. The van der Waals surface area contributed by atoms with Crippen LogP contribution in [0.2, 0.25) is 0 Å². The van der Waals surface area contributed by atoms with Gasteiger partial charge < -0.3 is 37.3 Å². The SMILES string of the molecule is CCCC1C(S(=O)(=O)c2ccc(C)cc2)=C(C(=O)N[C@@H](CCCCNC(=O)OC(C)(C)C)C(O)C(=O)NCc2ccc(C(N)=O)cc2)N2C(=O)C(N)(Cc3ccc(C)cc3)CCN12. The van der Waals surface area contributed by atoms with E-state index in [1.807, 2.05) is 45.0 Å². The van der Waals surface area contributed by atoms with Crippen molar-refractivity contribution in [2.45, 2.75) is 127 Å². The van der Waals surface area contributed by atoms with Crippen molar-refractivity contribution in [1.82, 2.24) is 26.0 Å². The van der Waals surface area contributed by atoms with Crippen LogP contribution in [0.5, 0.6) is 0 Å². The van der Waals surface area contributed by atoms with Gasteiger partial charge in [-0.1, -0.05) is 73.0 Å². The van der Waals surface area contributed by atoms with Gasteiger partial charge in [-0.2, -0.15) is 0 Å². The molecular formula is C46H61N7O9S. The zero-order valence-corrected chi connectivity index (χ0v) is 37.7. The number of unbranched alkanes of at least 4 members (excludes halogenated alkanes) is 1. The number of benzene rings is 3. The maximum Gasteiger partial charge on any atom is 0.407 e. The molecule has 3 unspecified atom stereocenters. The van der Waals surface area contributed by atoms with Gasteiger partial charge in [-0.25, -0.2) is 23.2 Å². The fraction of sp³-hybridized carbons (Fsp3) is 0.457. The van der Waals surface area contributed by atoms with Crippen LogP contribution in [0.15, 0.2) is 88.3 Å². The van der Waals surface area contributed by atoms with Crippen molar-refractivity contribution in [3.8, 4) is 0 Å². The molecule has 2 aliphatic heterocycles. The van der Waals surface area contributed by atoms with E-state index in [2.05, 4.69) is 16.0 Å². The lowest BCUT2D eigenvalue weighted by Gasteiger charge is -2.45. The minimum absolute atomic E-state index is 0.00125. The van der Waals surface area contributed by atoms with Crippen LogP contribution in [0.1, 0.15) is 98.8 Å². The number of aliphatic hydroxyl groups excluding tert-OH is 1. The Hall–Kier alpha value is -5.62. The number of hydrogen-bond acceptors (Lipinski definition) is 11. The molecule has 0 aliphatic carbocycles. The molecule has 1 fully saturated rings. The molecule has 0 bridgehead atoms. The molecule has 0 saturated carbocycles. The first kappa shape index (κ1) is 48.4. The smallest absolute Gasteiger partial charge is 0.407 e. The standard InChI is InChI=1S/C46H61N7O9S/c1-7-10-36-39(63(60,61)34-22-14-30(3)15-23-34)37(53-43(58)46(48,24-26-52(36)53)27-31-16-12-29(2)13-17-31)41(56)51-35(11-8-9-25-49-44(59)62-45(4,5)6)38(54)42(57)50-28-32-18-20-33(21-19-32)40(47)55/h12-23,35-36,38,54H,7-11,24-28,48H2,1-6H3,(H2,47,55)(H,49,59)(H,50,57)(H,51,56)/t35-,36?,38?,46?/m0/s1. The highest BCUT2D eigenvalue weighted by Crippen LogP contribution is 2.43. The summed E-state index contributed by atoms with van der Waals surface area (Å²) in [5, 5.41) is 22.4. The molecular weight excluding hydrogens is 827 g/mol. The van der Waals surface area contributed by atoms with Crippen LogP contribution in [0, 0.1) is 13.8 Å². The molecule has 63 heavy (non-hydrogen) atoms. The summed E-state index contributed by atoms with van der Waals surface area (Å²) in [4.78, 5) is 67.0. The summed E-state index contributed by atoms with van der Waals surface area (Å²) >= 11 is 0. The molecule has 340 valence electrons. The molecule has 2 heterocycles. The Bertz CT molecular complexity index is 2290. The van der Waals surface area contributed by atoms with Crippen molar-refractivity contribution in [2.75, 3.05) is 13.1 Å². The molecule has 16 nitrogen and oxygen atoms in total. The highest BCUT2D eigenvalue weighted by molar-refractivity contribution is 7.95. The first-order valence-corrected chi connectivity index (χ1v) is 22.8. The highest BCUT2D eigenvalue weighted by atomic mass is 32.2. The molecule has 17 heteroatoms. The lowest BCUT2D eigenvalue weighted by atomic mass is 9.85. The van der Waals surface area contributed by atoms with Crippen LogP contribution in [-0.4, -0.2) is 95.7 Å². The van der Waals surface area contributed by atoms with Crippen molar-refractivity contribution in [2.24, 2.45) is 11.5 Å². The van der Waals surface area contributed by atoms with Gasteiger partial charge in [0.1, 0.15) is 16.8 Å². The predicted octanol–water partition coefficient (Wildman–Crippen LogP) is 3.82. The number of nitrogens with two attached hydrogens (primary N) is 2. The minimum Gasteiger partial charge on any atom is -0.444 e. The number of nitrogens with one attached hydrogen (secondary N) is 3. The van der Waals surface area contributed by atoms with Crippen molar-refractivity contribution in [3.63, 3.8) is 0 Å². The van der Waals surface area contributed by atoms with E-state index in [-0.39, 0.29) is 67.1 Å². The number of aryl methyl sites for hydroxylation is 2. The fourth-order valence-corrected chi connectivity index (χ4v) is 9.50. The van der Waals surface area contributed by atoms with Crippen LogP contribution < -0.4 is 27.4 Å². The zero-order valence-electron chi connectivity index (χ0n) is 36.9. The topological polar surface area (TPSA) is 244 Å². The number of carbonyl (C=O) groups excluding carboxylic acids is 5. The van der Waals surface area contributed by atoms with Crippen LogP contribution in [0.3, 0.4) is 0 Å². The van der Waals surface area contributed by atoms with Crippen LogP contribution >= 0.6 is 0 Å². The van der Waals surface area contributed by atoms with Gasteiger partial charge in [-0.15, -0.1) is 0 Å². The largest absolute Gasteiger partial charge is 0.444 e. The van der Waals surface area contributed by atoms with Gasteiger partial charge in [0.2, 0.25) is 15.7 Å². The molecule has 3 aromatic rings. The number of fused-ring (bicyclic) bond motifs is 1. The van der Waals surface area contributed by atoms with E-state index in [1.165, 1.54) is 24.3 Å². The third-order valence-corrected chi connectivity index (χ3v) is 13.0. The number of primary amides is 1. The third kappa shape index (κ3) is 11.9. The van der Waals surface area contributed by atoms with Crippen molar-refractivity contribution < 1.29 is 42.2 Å². The Morgan fingerprint density at radius 1 is 0.921 bits per heavy atom. The number of rotatable bonds is 18. The molecule has 0 radical (unpaired) electrons. The lowest BCUT2D eigenvalue weighted by Crippen LogP contribution is -2.66. The monoisotopic (exact) mass is 887 g/mol. The molecule has 5 amide bonds. The number of alkyl carbamates (subject to hydrolysis) is 1. The van der Waals surface area contributed by atoms with Gasteiger partial charge in [-0.3, -0.25) is 19.2 Å². The maximum atomic E-state index is 15.0. The summed E-state index contributed by atoms with van der Waals surface area (Å²) in [5.74, 6) is -3.13. The second kappa shape index (κ2) is 20.3. The molecule has 4 atom stereocenters. The van der Waals surface area contributed by atoms with Gasteiger partial charge in [0.25, 0.3) is 17.7 Å². The second-order valence-electron chi connectivity index (χ2n) is 17.4. The van der Waals surface area contributed by atoms with Crippen molar-refractivity contribution in [3.05, 3.63) is 111 Å². The van der Waals surface area contributed by atoms with E-state index in [9.17, 15) is 32.7 Å². The van der Waals surface area contributed by atoms with Gasteiger partial charge in [0, 0.05) is 25.2 Å². The third-order valence-electron chi connectivity index (χ3n) is 11.1. The summed E-state index contributed by atoms with van der Waals surface area (Å²) in [6.45, 7) is 11.1. The summed E-state index contributed by atoms with van der Waals surface area (Å²) < 4.78 is 35.0. The number of amides is 5. The molecule has 8 N–H and O–H groups in total. The number of sulfone groups is 1. The first-order chi connectivity index (χ1) is 29.6. The zero-order chi connectivity index (χ0) is 46.3. The average Bonchev–Trinajstić information content (AvgIpc) is 3.56. The summed E-state index contributed by atoms with van der Waals surface area (Å²) in [5.41, 5.74) is 13.1. The van der Waals surface area contributed by atoms with Crippen LogP contribution in [0.4, 0.5) is 4.79 Å². The number of nitrogens with zero attached hydrogens (tertiary/aromatic N) is 2. The van der Waals surface area contributed by atoms with Gasteiger partial charge in [-0.05, 0) is 109 Å². The quantitative estimate of drug-likeness (QED) is 0.100. The van der Waals surface area contributed by atoms with E-state index in [0.29, 0.717) is 18.4 Å². The van der Waals surface area contributed by atoms with E-state index in [1.54, 1.807) is 50.0 Å². The Morgan fingerprint density at radius 2 is 1.52 bits per heavy atom. The Balaban J connectivity index is 1.52. The van der Waals surface area contributed by atoms with E-state index < -0.39 is 74.6 Å². The first-order valence-electron chi connectivity index (χ1n) is 21.3. The Kier molecular flexibility index (Phi) is 15.6. The van der Waals surface area contributed by atoms with E-state index in [4.69, 9.17) is 16.2 Å². The number of hydrazine groups is 1. The normalized spacial score (nSPS) is 19.0. The molecule has 3 aromatic carbocycles. The van der Waals surface area contributed by atoms with Gasteiger partial charge >= 0.3 is 6.09 Å². The fourth-order valence-electron chi connectivity index (χ4n) is 7.72. The molecule has 0 spiro atoms. The number of carbonyl (C=O) groups is 5. The molecule has 2 aliphatic rings. The second-order valence-corrected chi connectivity index (χ2v) is 19.3. The molecule has 5 rings (SSSR count). The lowest BCUT2D eigenvalue weighted by molar-refractivity contribution is -0.160. The van der Waals surface area contributed by atoms with Crippen LogP contribution in [-0.2, 0) is 41.9 Å². The highest BCUT2D eigenvalue weighted by Gasteiger charge is 2.56. The van der Waals surface area contributed by atoms with Gasteiger partial charge in [0.15, 0.2) is 6.10 Å². The van der Waals surface area contributed by atoms with E-state index >= 15 is 4.79 Å².